The molecule has 2 atom stereocenters. The van der Waals surface area contributed by atoms with Crippen molar-refractivity contribution in [2.24, 2.45) is 0 Å². The largest absolute Gasteiger partial charge is 0.496 e. The van der Waals surface area contributed by atoms with Crippen LogP contribution in [-0.4, -0.2) is 113 Å². The number of nitrogens with one attached hydrogen (secondary N) is 3. The molecule has 0 aromatic heterocycles. The Morgan fingerprint density at radius 1 is 1.07 bits per heavy atom. The fourth-order valence-corrected chi connectivity index (χ4v) is 5.23. The first-order valence-corrected chi connectivity index (χ1v) is 14.3. The number of rotatable bonds is 11. The zero-order valence-corrected chi connectivity index (χ0v) is 24.7. The SMILES string of the molecule is COc1cc(N)c(Cl)cc1C(=O)N[C@@H]1CCN(CC(=O)Nc2ccc(C(=O)OCCN3CCNCC3)cc2)C[C@@H]1OC. The summed E-state index contributed by atoms with van der Waals surface area (Å²) in [5.74, 6) is -0.603. The number of likely N-dealkylation sites (tertiary alicyclic amines) is 1. The van der Waals surface area contributed by atoms with Gasteiger partial charge in [-0.15, -0.1) is 0 Å². The summed E-state index contributed by atoms with van der Waals surface area (Å²) in [7, 11) is 3.03. The van der Waals surface area contributed by atoms with E-state index in [2.05, 4.69) is 20.9 Å². The third-order valence-corrected chi connectivity index (χ3v) is 7.78. The zero-order chi connectivity index (χ0) is 30.1. The summed E-state index contributed by atoms with van der Waals surface area (Å²) in [6.07, 6.45) is 0.246. The van der Waals surface area contributed by atoms with Crippen molar-refractivity contribution >= 4 is 40.8 Å². The molecule has 2 aromatic carbocycles. The van der Waals surface area contributed by atoms with E-state index >= 15 is 0 Å². The lowest BCUT2D eigenvalue weighted by molar-refractivity contribution is -0.118. The van der Waals surface area contributed by atoms with Crippen LogP contribution >= 0.6 is 11.6 Å². The summed E-state index contributed by atoms with van der Waals surface area (Å²) in [6.45, 7) is 6.02. The van der Waals surface area contributed by atoms with Crippen molar-refractivity contribution < 1.29 is 28.6 Å². The Morgan fingerprint density at radius 3 is 2.50 bits per heavy atom. The van der Waals surface area contributed by atoms with Gasteiger partial charge in [-0.25, -0.2) is 4.79 Å². The summed E-state index contributed by atoms with van der Waals surface area (Å²) >= 11 is 6.12. The number of halogens is 1. The third kappa shape index (κ3) is 8.55. The van der Waals surface area contributed by atoms with Gasteiger partial charge in [-0.1, -0.05) is 11.6 Å². The number of piperidine rings is 1. The van der Waals surface area contributed by atoms with Gasteiger partial charge in [0.05, 0.1) is 47.6 Å². The van der Waals surface area contributed by atoms with Crippen LogP contribution in [0.3, 0.4) is 0 Å². The Balaban J connectivity index is 1.22. The van der Waals surface area contributed by atoms with Gasteiger partial charge in [0.1, 0.15) is 12.4 Å². The van der Waals surface area contributed by atoms with Crippen molar-refractivity contribution in [1.82, 2.24) is 20.4 Å². The van der Waals surface area contributed by atoms with Gasteiger partial charge in [0.15, 0.2) is 0 Å². The summed E-state index contributed by atoms with van der Waals surface area (Å²) in [4.78, 5) is 42.4. The molecule has 2 aliphatic rings. The highest BCUT2D eigenvalue weighted by Gasteiger charge is 2.32. The van der Waals surface area contributed by atoms with E-state index in [-0.39, 0.29) is 47.1 Å². The predicted molar refractivity (Wildman–Crippen MR) is 160 cm³/mol. The van der Waals surface area contributed by atoms with E-state index in [1.54, 1.807) is 31.4 Å². The maximum absolute atomic E-state index is 13.0. The van der Waals surface area contributed by atoms with Gasteiger partial charge in [-0.3, -0.25) is 19.4 Å². The van der Waals surface area contributed by atoms with Crippen LogP contribution in [0.5, 0.6) is 5.75 Å². The van der Waals surface area contributed by atoms with E-state index in [9.17, 15) is 14.4 Å². The molecule has 0 spiro atoms. The number of benzene rings is 2. The number of esters is 1. The highest BCUT2D eigenvalue weighted by Crippen LogP contribution is 2.29. The molecule has 0 aliphatic carbocycles. The molecular weight excluding hydrogens is 564 g/mol. The van der Waals surface area contributed by atoms with Crippen molar-refractivity contribution in [3.05, 3.63) is 52.5 Å². The van der Waals surface area contributed by atoms with Crippen LogP contribution in [0.15, 0.2) is 36.4 Å². The molecule has 2 aliphatic heterocycles. The Morgan fingerprint density at radius 2 is 1.81 bits per heavy atom. The summed E-state index contributed by atoms with van der Waals surface area (Å²) in [5.41, 5.74) is 7.44. The number of anilines is 2. The number of hydrogen-bond acceptors (Lipinski definition) is 10. The summed E-state index contributed by atoms with van der Waals surface area (Å²) in [5, 5.41) is 9.43. The second-order valence-corrected chi connectivity index (χ2v) is 10.7. The van der Waals surface area contributed by atoms with Crippen LogP contribution in [0.2, 0.25) is 5.02 Å². The molecule has 0 unspecified atom stereocenters. The summed E-state index contributed by atoms with van der Waals surface area (Å²) < 4.78 is 16.4. The molecule has 0 bridgehead atoms. The number of carbonyl (C=O) groups excluding carboxylic acids is 3. The smallest absolute Gasteiger partial charge is 0.338 e. The van der Waals surface area contributed by atoms with Gasteiger partial charge in [0.25, 0.3) is 5.91 Å². The van der Waals surface area contributed by atoms with E-state index in [0.717, 1.165) is 26.2 Å². The molecule has 4 rings (SSSR count). The number of nitrogens with zero attached hydrogens (tertiary/aromatic N) is 2. The van der Waals surface area contributed by atoms with Gasteiger partial charge < -0.3 is 35.9 Å². The fraction of sp³-hybridized carbons (Fsp3) is 0.483. The second kappa shape index (κ2) is 15.2. The molecule has 13 heteroatoms. The number of amides is 2. The molecule has 2 saturated heterocycles. The van der Waals surface area contributed by atoms with E-state index in [4.69, 9.17) is 31.5 Å². The Hall–Kier alpha value is -3.42. The highest BCUT2D eigenvalue weighted by molar-refractivity contribution is 6.33. The zero-order valence-electron chi connectivity index (χ0n) is 24.0. The quantitative estimate of drug-likeness (QED) is 0.220. The second-order valence-electron chi connectivity index (χ2n) is 10.3. The molecular formula is C29H39ClN6O6. The molecule has 2 heterocycles. The molecule has 2 fully saturated rings. The lowest BCUT2D eigenvalue weighted by Crippen LogP contribution is -2.55. The van der Waals surface area contributed by atoms with Crippen molar-refractivity contribution in [2.45, 2.75) is 18.6 Å². The van der Waals surface area contributed by atoms with Gasteiger partial charge in [-0.2, -0.15) is 0 Å². The van der Waals surface area contributed by atoms with Gasteiger partial charge in [0.2, 0.25) is 5.91 Å². The molecule has 12 nitrogen and oxygen atoms in total. The molecule has 2 aromatic rings. The molecule has 0 saturated carbocycles. The van der Waals surface area contributed by atoms with Crippen molar-refractivity contribution in [3.63, 3.8) is 0 Å². The van der Waals surface area contributed by atoms with Crippen LogP contribution in [0.1, 0.15) is 27.1 Å². The first-order chi connectivity index (χ1) is 20.3. The van der Waals surface area contributed by atoms with Crippen LogP contribution < -0.4 is 26.4 Å². The van der Waals surface area contributed by atoms with E-state index in [0.29, 0.717) is 55.3 Å². The van der Waals surface area contributed by atoms with Crippen LogP contribution in [0, 0.1) is 0 Å². The third-order valence-electron chi connectivity index (χ3n) is 7.45. The number of carbonyl (C=O) groups is 3. The molecule has 2 amide bonds. The van der Waals surface area contributed by atoms with Crippen molar-refractivity contribution in [3.8, 4) is 5.75 Å². The topological polar surface area (TPSA) is 147 Å². The van der Waals surface area contributed by atoms with Crippen molar-refractivity contribution in [2.75, 3.05) is 84.2 Å². The lowest BCUT2D eigenvalue weighted by atomic mass is 10.0. The Bertz CT molecular complexity index is 1240. The minimum atomic E-state index is -0.387. The van der Waals surface area contributed by atoms with E-state index < -0.39 is 0 Å². The molecule has 5 N–H and O–H groups in total. The number of ether oxygens (including phenoxy) is 3. The monoisotopic (exact) mass is 602 g/mol. The highest BCUT2D eigenvalue weighted by atomic mass is 35.5. The van der Waals surface area contributed by atoms with Crippen LogP contribution in [0.4, 0.5) is 11.4 Å². The number of hydrogen-bond donors (Lipinski definition) is 4. The lowest BCUT2D eigenvalue weighted by Gasteiger charge is -2.37. The van der Waals surface area contributed by atoms with E-state index in [1.807, 2.05) is 4.90 Å². The average molecular weight is 603 g/mol. The van der Waals surface area contributed by atoms with E-state index in [1.165, 1.54) is 19.2 Å². The molecule has 42 heavy (non-hydrogen) atoms. The Labute approximate surface area is 250 Å². The predicted octanol–water partition coefficient (Wildman–Crippen LogP) is 1.45. The molecule has 0 radical (unpaired) electrons. The van der Waals surface area contributed by atoms with Gasteiger partial charge in [0, 0.05) is 64.7 Å². The van der Waals surface area contributed by atoms with Gasteiger partial charge >= 0.3 is 5.97 Å². The normalized spacial score (nSPS) is 19.6. The first-order valence-electron chi connectivity index (χ1n) is 14.0. The summed E-state index contributed by atoms with van der Waals surface area (Å²) in [6, 6.07) is 9.37. The Kier molecular flexibility index (Phi) is 11.4. The van der Waals surface area contributed by atoms with Gasteiger partial charge in [-0.05, 0) is 36.8 Å². The van der Waals surface area contributed by atoms with Crippen LogP contribution in [0.25, 0.3) is 0 Å². The minimum absolute atomic E-state index is 0.151. The minimum Gasteiger partial charge on any atom is -0.496 e. The number of nitrogen functional groups attached to an aromatic ring is 1. The maximum Gasteiger partial charge on any atom is 0.338 e. The van der Waals surface area contributed by atoms with Crippen molar-refractivity contribution in [1.29, 1.82) is 0 Å². The first kappa shape index (κ1) is 31.5. The average Bonchev–Trinajstić information content (AvgIpc) is 2.99. The fourth-order valence-electron chi connectivity index (χ4n) is 5.07. The molecule has 228 valence electrons. The van der Waals surface area contributed by atoms with Crippen LogP contribution in [-0.2, 0) is 14.3 Å². The standard InChI is InChI=1S/C29H39ClN6O6/c1-40-25-16-23(31)22(30)15-21(25)28(38)34-24-7-10-36(17-26(24)41-2)18-27(37)33-20-5-3-19(4-6-20)29(39)42-14-13-35-11-8-32-9-12-35/h3-6,15-16,24,26,32H,7-14,17-18,31H2,1-2H3,(H,33,37)(H,34,38)/t24-,26+/m1/s1. The number of methoxy groups -OCH3 is 2. The number of nitrogens with two attached hydrogens (primary N) is 1. The maximum atomic E-state index is 13.0. The number of piperazine rings is 1.